The molecule has 0 spiro atoms. The molecule has 3 aliphatic carbocycles. The predicted molar refractivity (Wildman–Crippen MR) is 75.7 cm³/mol. The maximum absolute atomic E-state index is 4.52. The Balaban J connectivity index is 1.49. The molecule has 3 fully saturated rings. The summed E-state index contributed by atoms with van der Waals surface area (Å²) < 4.78 is 2.18. The highest BCUT2D eigenvalue weighted by Gasteiger charge is 2.66. The van der Waals surface area contributed by atoms with Gasteiger partial charge in [-0.15, -0.1) is 0 Å². The Labute approximate surface area is 115 Å². The zero-order chi connectivity index (χ0) is 13.0. The van der Waals surface area contributed by atoms with Crippen molar-refractivity contribution in [3.8, 4) is 0 Å². The highest BCUT2D eigenvalue weighted by Crippen LogP contribution is 2.70. The highest BCUT2D eigenvalue weighted by molar-refractivity contribution is 5.16. The molecule has 1 heterocycles. The van der Waals surface area contributed by atoms with Gasteiger partial charge in [-0.05, 0) is 55.4 Å². The Bertz CT molecular complexity index is 450. The second-order valence-corrected chi connectivity index (χ2v) is 6.89. The van der Waals surface area contributed by atoms with Crippen LogP contribution in [0.4, 0.5) is 0 Å². The van der Waals surface area contributed by atoms with Gasteiger partial charge in [-0.3, -0.25) is 0 Å². The quantitative estimate of drug-likeness (QED) is 0.879. The lowest BCUT2D eigenvalue weighted by molar-refractivity contribution is 0.360. The number of likely N-dealkylation sites (N-methyl/N-ethyl adjacent to an activating group) is 1. The summed E-state index contributed by atoms with van der Waals surface area (Å²) >= 11 is 0. The third-order valence-corrected chi connectivity index (χ3v) is 6.05. The van der Waals surface area contributed by atoms with Crippen molar-refractivity contribution in [2.75, 3.05) is 6.54 Å². The summed E-state index contributed by atoms with van der Waals surface area (Å²) in [6, 6.07) is 0.657. The van der Waals surface area contributed by atoms with E-state index < -0.39 is 0 Å². The van der Waals surface area contributed by atoms with Gasteiger partial charge in [0.15, 0.2) is 0 Å². The Hall–Kier alpha value is -0.830. The molecule has 0 aliphatic heterocycles. The molecule has 0 saturated heterocycles. The molecular formula is C16H25N3. The second kappa shape index (κ2) is 4.34. The minimum atomic E-state index is 0.657. The summed E-state index contributed by atoms with van der Waals surface area (Å²) in [6.07, 6.45) is 9.68. The molecule has 3 nitrogen and oxygen atoms in total. The number of nitrogens with one attached hydrogen (secondary N) is 1. The molecule has 1 N–H and O–H groups in total. The lowest BCUT2D eigenvalue weighted by atomic mass is 9.95. The van der Waals surface area contributed by atoms with Crippen molar-refractivity contribution in [1.29, 1.82) is 0 Å². The lowest BCUT2D eigenvalue weighted by Gasteiger charge is -2.21. The van der Waals surface area contributed by atoms with Gasteiger partial charge in [-0.25, -0.2) is 4.98 Å². The molecule has 0 amide bonds. The van der Waals surface area contributed by atoms with Crippen molar-refractivity contribution < 1.29 is 0 Å². The van der Waals surface area contributed by atoms with E-state index in [2.05, 4.69) is 35.0 Å². The fourth-order valence-electron chi connectivity index (χ4n) is 5.33. The van der Waals surface area contributed by atoms with E-state index in [9.17, 15) is 0 Å². The number of hydrogen-bond donors (Lipinski definition) is 1. The molecule has 2 bridgehead atoms. The molecule has 1 aromatic heterocycles. The van der Waals surface area contributed by atoms with Gasteiger partial charge in [0, 0.05) is 31.9 Å². The predicted octanol–water partition coefficient (Wildman–Crippen LogP) is 2.23. The van der Waals surface area contributed by atoms with Crippen LogP contribution in [-0.2, 0) is 13.5 Å². The first-order chi connectivity index (χ1) is 9.29. The zero-order valence-corrected chi connectivity index (χ0v) is 12.0. The average molecular weight is 259 g/mol. The van der Waals surface area contributed by atoms with Crippen LogP contribution in [0, 0.1) is 29.6 Å². The molecule has 3 aliphatic rings. The van der Waals surface area contributed by atoms with Crippen LogP contribution in [0.25, 0.3) is 0 Å². The molecule has 5 atom stereocenters. The average Bonchev–Trinajstić information content (AvgIpc) is 2.74. The van der Waals surface area contributed by atoms with Crippen molar-refractivity contribution in [3.05, 3.63) is 18.2 Å². The van der Waals surface area contributed by atoms with Crippen molar-refractivity contribution in [2.45, 2.75) is 38.6 Å². The third-order valence-electron chi connectivity index (χ3n) is 6.05. The van der Waals surface area contributed by atoms with Crippen LogP contribution in [0.2, 0.25) is 0 Å². The van der Waals surface area contributed by atoms with Crippen LogP contribution in [0.5, 0.6) is 0 Å². The van der Waals surface area contributed by atoms with Gasteiger partial charge in [-0.1, -0.05) is 6.92 Å². The number of imidazole rings is 1. The first kappa shape index (κ1) is 12.0. The van der Waals surface area contributed by atoms with Crippen LogP contribution in [-0.4, -0.2) is 22.1 Å². The van der Waals surface area contributed by atoms with Gasteiger partial charge in [0.1, 0.15) is 5.82 Å². The summed E-state index contributed by atoms with van der Waals surface area (Å²) in [5, 5.41) is 3.75. The van der Waals surface area contributed by atoms with Gasteiger partial charge >= 0.3 is 0 Å². The molecule has 3 saturated carbocycles. The summed E-state index contributed by atoms with van der Waals surface area (Å²) in [6.45, 7) is 3.32. The Morgan fingerprint density at radius 1 is 1.37 bits per heavy atom. The van der Waals surface area contributed by atoms with Gasteiger partial charge in [0.25, 0.3) is 0 Å². The van der Waals surface area contributed by atoms with E-state index in [1.807, 2.05) is 6.20 Å². The number of nitrogens with zero attached hydrogens (tertiary/aromatic N) is 2. The van der Waals surface area contributed by atoms with Gasteiger partial charge in [-0.2, -0.15) is 0 Å². The monoisotopic (exact) mass is 259 g/mol. The molecule has 4 rings (SSSR count). The van der Waals surface area contributed by atoms with Crippen LogP contribution in [0.15, 0.2) is 12.4 Å². The smallest absolute Gasteiger partial charge is 0.109 e. The Morgan fingerprint density at radius 3 is 2.68 bits per heavy atom. The van der Waals surface area contributed by atoms with Crippen molar-refractivity contribution in [3.63, 3.8) is 0 Å². The molecule has 3 heteroatoms. The van der Waals surface area contributed by atoms with E-state index in [1.54, 1.807) is 6.42 Å². The summed E-state index contributed by atoms with van der Waals surface area (Å²) in [4.78, 5) is 4.52. The van der Waals surface area contributed by atoms with Crippen LogP contribution in [0.1, 0.15) is 32.0 Å². The summed E-state index contributed by atoms with van der Waals surface area (Å²) in [5.74, 6) is 6.45. The standard InChI is InChI=1S/C16H25N3/c1-3-17-12(9-13-18-6-7-19(13)2)16-14-10-4-5-11(8-10)15(14)16/h6-7,10-12,14-17H,3-5,8-9H2,1-2H3. The van der Waals surface area contributed by atoms with E-state index in [0.717, 1.165) is 42.6 Å². The normalized spacial score (nSPS) is 40.4. The molecule has 0 radical (unpaired) electrons. The highest BCUT2D eigenvalue weighted by atomic mass is 15.0. The number of rotatable bonds is 5. The van der Waals surface area contributed by atoms with Crippen LogP contribution in [0.3, 0.4) is 0 Å². The van der Waals surface area contributed by atoms with Crippen LogP contribution >= 0.6 is 0 Å². The molecule has 5 unspecified atom stereocenters. The van der Waals surface area contributed by atoms with E-state index in [1.165, 1.54) is 18.7 Å². The van der Waals surface area contributed by atoms with E-state index in [4.69, 9.17) is 0 Å². The first-order valence-electron chi connectivity index (χ1n) is 7.99. The minimum absolute atomic E-state index is 0.657. The fourth-order valence-corrected chi connectivity index (χ4v) is 5.33. The van der Waals surface area contributed by atoms with Crippen molar-refractivity contribution >= 4 is 0 Å². The molecule has 19 heavy (non-hydrogen) atoms. The third kappa shape index (κ3) is 1.78. The fraction of sp³-hybridized carbons (Fsp3) is 0.812. The largest absolute Gasteiger partial charge is 0.338 e. The number of hydrogen-bond acceptors (Lipinski definition) is 2. The van der Waals surface area contributed by atoms with Crippen molar-refractivity contribution in [2.24, 2.45) is 36.6 Å². The van der Waals surface area contributed by atoms with Gasteiger partial charge in [0.2, 0.25) is 0 Å². The molecule has 1 aromatic rings. The molecular weight excluding hydrogens is 234 g/mol. The summed E-state index contributed by atoms with van der Waals surface area (Å²) in [5.41, 5.74) is 0. The number of fused-ring (bicyclic) bond motifs is 5. The maximum Gasteiger partial charge on any atom is 0.109 e. The summed E-state index contributed by atoms with van der Waals surface area (Å²) in [7, 11) is 2.11. The van der Waals surface area contributed by atoms with Gasteiger partial charge in [0.05, 0.1) is 0 Å². The Kier molecular flexibility index (Phi) is 2.73. The molecule has 0 aromatic carbocycles. The van der Waals surface area contributed by atoms with E-state index in [0.29, 0.717) is 6.04 Å². The second-order valence-electron chi connectivity index (χ2n) is 6.89. The first-order valence-corrected chi connectivity index (χ1v) is 7.99. The lowest BCUT2D eigenvalue weighted by Crippen LogP contribution is -2.36. The topological polar surface area (TPSA) is 29.9 Å². The van der Waals surface area contributed by atoms with Crippen LogP contribution < -0.4 is 5.32 Å². The maximum atomic E-state index is 4.52. The SMILES string of the molecule is CCNC(Cc1nccn1C)C1C2C3CCC(C3)C21. The molecule has 104 valence electrons. The van der Waals surface area contributed by atoms with E-state index >= 15 is 0 Å². The van der Waals surface area contributed by atoms with Crippen molar-refractivity contribution in [1.82, 2.24) is 14.9 Å². The number of aromatic nitrogens is 2. The number of aryl methyl sites for hydroxylation is 1. The Morgan fingerprint density at radius 2 is 2.11 bits per heavy atom. The zero-order valence-electron chi connectivity index (χ0n) is 12.0. The minimum Gasteiger partial charge on any atom is -0.338 e. The van der Waals surface area contributed by atoms with E-state index in [-0.39, 0.29) is 0 Å². The van der Waals surface area contributed by atoms with Gasteiger partial charge < -0.3 is 9.88 Å².